The third kappa shape index (κ3) is 7.77. The van der Waals surface area contributed by atoms with Crippen LogP contribution in [-0.4, -0.2) is 23.4 Å². The van der Waals surface area contributed by atoms with E-state index in [0.29, 0.717) is 0 Å². The Bertz CT molecular complexity index is 422. The fourth-order valence-corrected chi connectivity index (χ4v) is 2.18. The molecule has 0 radical (unpaired) electrons. The molecule has 6 heteroatoms. The van der Waals surface area contributed by atoms with Gasteiger partial charge in [-0.25, -0.2) is 0 Å². The lowest BCUT2D eigenvalue weighted by atomic mass is 10.1. The van der Waals surface area contributed by atoms with Gasteiger partial charge in [0.05, 0.1) is 0 Å². The molecule has 0 aliphatic rings. The predicted molar refractivity (Wildman–Crippen MR) is 73.5 cm³/mol. The molecule has 0 heterocycles. The summed E-state index contributed by atoms with van der Waals surface area (Å²) in [7, 11) is 0. The Morgan fingerprint density at radius 2 is 1.74 bits per heavy atom. The van der Waals surface area contributed by atoms with Crippen LogP contribution >= 0.6 is 11.8 Å². The van der Waals surface area contributed by atoms with Crippen LogP contribution in [0, 0.1) is 0 Å². The fourth-order valence-electron chi connectivity index (χ4n) is 1.18. The number of rotatable bonds is 2. The van der Waals surface area contributed by atoms with Crippen molar-refractivity contribution in [1.29, 1.82) is 0 Å². The lowest BCUT2D eigenvalue weighted by Crippen LogP contribution is -2.39. The summed E-state index contributed by atoms with van der Waals surface area (Å²) in [5.41, 5.74) is -0.341. The summed E-state index contributed by atoms with van der Waals surface area (Å²) in [6.07, 6.45) is -4.29. The summed E-state index contributed by atoms with van der Waals surface area (Å²) in [5.74, 6) is 0. The van der Waals surface area contributed by atoms with E-state index in [1.54, 1.807) is 0 Å². The van der Waals surface area contributed by atoms with E-state index in [1.165, 1.54) is 11.8 Å². The average molecular weight is 290 g/mol. The van der Waals surface area contributed by atoms with E-state index in [-0.39, 0.29) is 10.7 Å². The predicted octanol–water partition coefficient (Wildman–Crippen LogP) is 4.09. The van der Waals surface area contributed by atoms with E-state index in [9.17, 15) is 13.2 Å². The Hall–Kier alpha value is -1.17. The molecular weight excluding hydrogens is 273 g/mol. The maximum atomic E-state index is 12.2. The smallest absolute Gasteiger partial charge is 0.360 e. The molecule has 19 heavy (non-hydrogen) atoms. The molecule has 1 N–H and O–H groups in total. The number of halogens is 3. The van der Waals surface area contributed by atoms with Gasteiger partial charge >= 0.3 is 6.18 Å². The highest BCUT2D eigenvalue weighted by atomic mass is 32.2. The second-order valence-electron chi connectivity index (χ2n) is 5.03. The first kappa shape index (κ1) is 15.9. The molecule has 0 fully saturated rings. The standard InChI is InChI=1S/C13H17F3N2S/c1-12(2,3)18-11(17-9-13(14,15)16)19-10-7-5-4-6-8-10/h4-8H,9H2,1-3H3,(H,17,18). The van der Waals surface area contributed by atoms with Crippen LogP contribution < -0.4 is 5.32 Å². The molecule has 0 saturated carbocycles. The third-order valence-corrected chi connectivity index (χ3v) is 2.77. The minimum absolute atomic E-state index is 0.274. The first-order valence-corrected chi connectivity index (χ1v) is 6.60. The number of nitrogens with zero attached hydrogens (tertiary/aromatic N) is 1. The van der Waals surface area contributed by atoms with Crippen molar-refractivity contribution in [2.24, 2.45) is 4.99 Å². The number of benzene rings is 1. The minimum atomic E-state index is -4.29. The molecule has 1 rings (SSSR count). The first-order chi connectivity index (χ1) is 8.66. The zero-order valence-corrected chi connectivity index (χ0v) is 11.9. The zero-order chi connectivity index (χ0) is 14.5. The molecule has 106 valence electrons. The fraction of sp³-hybridized carbons (Fsp3) is 0.462. The summed E-state index contributed by atoms with van der Waals surface area (Å²) in [5, 5.41) is 3.26. The Labute approximate surface area is 115 Å². The highest BCUT2D eigenvalue weighted by molar-refractivity contribution is 8.13. The summed E-state index contributed by atoms with van der Waals surface area (Å²) in [6.45, 7) is 4.45. The van der Waals surface area contributed by atoms with Crippen LogP contribution in [0.3, 0.4) is 0 Å². The van der Waals surface area contributed by atoms with Gasteiger partial charge in [-0.3, -0.25) is 4.99 Å². The van der Waals surface area contributed by atoms with Crippen molar-refractivity contribution in [2.45, 2.75) is 37.4 Å². The molecule has 0 aliphatic carbocycles. The monoisotopic (exact) mass is 290 g/mol. The Balaban J connectivity index is 2.81. The maximum absolute atomic E-state index is 12.2. The van der Waals surface area contributed by atoms with Gasteiger partial charge in [-0.15, -0.1) is 0 Å². The van der Waals surface area contributed by atoms with Gasteiger partial charge in [-0.05, 0) is 32.9 Å². The molecule has 0 amide bonds. The van der Waals surface area contributed by atoms with Crippen molar-refractivity contribution in [3.63, 3.8) is 0 Å². The lowest BCUT2D eigenvalue weighted by molar-refractivity contribution is -0.118. The molecule has 0 aromatic heterocycles. The van der Waals surface area contributed by atoms with E-state index in [4.69, 9.17) is 0 Å². The van der Waals surface area contributed by atoms with Gasteiger partial charge in [0.25, 0.3) is 0 Å². The summed E-state index contributed by atoms with van der Waals surface area (Å²) < 4.78 is 36.7. The number of alkyl halides is 3. The Kier molecular flexibility index (Phi) is 5.29. The van der Waals surface area contributed by atoms with Gasteiger partial charge in [-0.1, -0.05) is 30.0 Å². The highest BCUT2D eigenvalue weighted by Crippen LogP contribution is 2.21. The molecule has 0 spiro atoms. The van der Waals surface area contributed by atoms with Crippen LogP contribution in [0.1, 0.15) is 20.8 Å². The number of aliphatic imine (C=N–C) groups is 1. The molecule has 1 aromatic rings. The summed E-state index contributed by atoms with van der Waals surface area (Å²) in [4.78, 5) is 4.47. The van der Waals surface area contributed by atoms with Gasteiger partial charge in [-0.2, -0.15) is 13.2 Å². The van der Waals surface area contributed by atoms with Crippen molar-refractivity contribution in [2.75, 3.05) is 6.54 Å². The Morgan fingerprint density at radius 1 is 1.16 bits per heavy atom. The molecule has 0 aliphatic heterocycles. The molecule has 0 bridgehead atoms. The van der Waals surface area contributed by atoms with Gasteiger partial charge in [0.1, 0.15) is 6.54 Å². The van der Waals surface area contributed by atoms with Crippen molar-refractivity contribution in [3.8, 4) is 0 Å². The number of hydrogen-bond acceptors (Lipinski definition) is 2. The second kappa shape index (κ2) is 6.32. The van der Waals surface area contributed by atoms with Crippen molar-refractivity contribution < 1.29 is 13.2 Å². The van der Waals surface area contributed by atoms with Crippen LogP contribution in [-0.2, 0) is 0 Å². The molecule has 0 saturated heterocycles. The quantitative estimate of drug-likeness (QED) is 0.504. The zero-order valence-electron chi connectivity index (χ0n) is 11.1. The third-order valence-electron chi connectivity index (χ3n) is 1.84. The van der Waals surface area contributed by atoms with Gasteiger partial charge in [0.2, 0.25) is 0 Å². The molecule has 0 unspecified atom stereocenters. The average Bonchev–Trinajstić information content (AvgIpc) is 2.24. The largest absolute Gasteiger partial charge is 0.408 e. The summed E-state index contributed by atoms with van der Waals surface area (Å²) >= 11 is 1.20. The van der Waals surface area contributed by atoms with Crippen LogP contribution in [0.15, 0.2) is 40.2 Å². The van der Waals surface area contributed by atoms with E-state index >= 15 is 0 Å². The number of thioether (sulfide) groups is 1. The lowest BCUT2D eigenvalue weighted by Gasteiger charge is -2.23. The van der Waals surface area contributed by atoms with Crippen molar-refractivity contribution >= 4 is 16.9 Å². The Morgan fingerprint density at radius 3 is 2.21 bits per heavy atom. The van der Waals surface area contributed by atoms with Gasteiger partial charge in [0, 0.05) is 10.4 Å². The van der Waals surface area contributed by atoms with E-state index in [2.05, 4.69) is 10.3 Å². The van der Waals surface area contributed by atoms with Crippen LogP contribution in [0.4, 0.5) is 13.2 Å². The van der Waals surface area contributed by atoms with Crippen LogP contribution in [0.25, 0.3) is 0 Å². The number of hydrogen-bond donors (Lipinski definition) is 1. The molecule has 2 nitrogen and oxygen atoms in total. The molecule has 1 aromatic carbocycles. The first-order valence-electron chi connectivity index (χ1n) is 5.78. The number of amidine groups is 1. The van der Waals surface area contributed by atoms with Crippen molar-refractivity contribution in [1.82, 2.24) is 5.32 Å². The van der Waals surface area contributed by atoms with E-state index in [1.807, 2.05) is 51.1 Å². The minimum Gasteiger partial charge on any atom is -0.360 e. The SMILES string of the molecule is CC(C)(C)NC(=NCC(F)(F)F)Sc1ccccc1. The van der Waals surface area contributed by atoms with E-state index in [0.717, 1.165) is 4.90 Å². The molecule has 0 atom stereocenters. The van der Waals surface area contributed by atoms with Crippen molar-refractivity contribution in [3.05, 3.63) is 30.3 Å². The normalized spacial score (nSPS) is 13.5. The van der Waals surface area contributed by atoms with Crippen LogP contribution in [0.5, 0.6) is 0 Å². The van der Waals surface area contributed by atoms with Gasteiger partial charge < -0.3 is 5.32 Å². The van der Waals surface area contributed by atoms with E-state index < -0.39 is 12.7 Å². The van der Waals surface area contributed by atoms with Gasteiger partial charge in [0.15, 0.2) is 5.17 Å². The van der Waals surface area contributed by atoms with Crippen LogP contribution in [0.2, 0.25) is 0 Å². The topological polar surface area (TPSA) is 24.4 Å². The highest BCUT2D eigenvalue weighted by Gasteiger charge is 2.27. The second-order valence-corrected chi connectivity index (χ2v) is 6.09. The number of nitrogens with one attached hydrogen (secondary N) is 1. The summed E-state index contributed by atoms with van der Waals surface area (Å²) in [6, 6.07) is 9.19. The molecular formula is C13H17F3N2S. The maximum Gasteiger partial charge on any atom is 0.408 e.